The third kappa shape index (κ3) is 3.45. The number of halogens is 2. The van der Waals surface area contributed by atoms with Crippen LogP contribution in [0, 0.1) is 5.82 Å². The number of rotatable bonds is 3. The molecular weight excluding hydrogens is 449 g/mol. The van der Waals surface area contributed by atoms with Crippen molar-refractivity contribution in [1.29, 1.82) is 0 Å². The molecule has 2 aromatic carbocycles. The lowest BCUT2D eigenvalue weighted by molar-refractivity contribution is 0.0700. The van der Waals surface area contributed by atoms with E-state index in [0.717, 1.165) is 21.4 Å². The SMILES string of the molecule is O=C(c1c[nH]c2ccc(Br)cc12)N1CCN(S(=O)(=O)c2cccc(F)c2)CC1. The standard InChI is InChI=1S/C19H17BrFN3O3S/c20-13-4-5-18-16(10-13)17(12-22-18)19(25)23-6-8-24(9-7-23)28(26,27)15-3-1-2-14(21)11-15/h1-5,10-12,22H,6-9H2. The number of fused-ring (bicyclic) bond motifs is 1. The molecule has 6 nitrogen and oxygen atoms in total. The van der Waals surface area contributed by atoms with Gasteiger partial charge >= 0.3 is 0 Å². The van der Waals surface area contributed by atoms with Crippen LogP contribution in [0.4, 0.5) is 4.39 Å². The first-order valence-electron chi connectivity index (χ1n) is 8.68. The maximum absolute atomic E-state index is 13.4. The Hall–Kier alpha value is -2.23. The second-order valence-corrected chi connectivity index (χ2v) is 9.40. The summed E-state index contributed by atoms with van der Waals surface area (Å²) in [7, 11) is -3.78. The van der Waals surface area contributed by atoms with Crippen molar-refractivity contribution < 1.29 is 17.6 Å². The van der Waals surface area contributed by atoms with Crippen molar-refractivity contribution in [3.63, 3.8) is 0 Å². The van der Waals surface area contributed by atoms with Gasteiger partial charge in [-0.25, -0.2) is 12.8 Å². The van der Waals surface area contributed by atoms with Gasteiger partial charge in [0.25, 0.3) is 5.91 Å². The first-order valence-corrected chi connectivity index (χ1v) is 10.9. The molecule has 0 radical (unpaired) electrons. The van der Waals surface area contributed by atoms with E-state index in [0.29, 0.717) is 5.56 Å². The largest absolute Gasteiger partial charge is 0.360 e. The van der Waals surface area contributed by atoms with E-state index in [1.807, 2.05) is 18.2 Å². The molecule has 0 saturated carbocycles. The maximum Gasteiger partial charge on any atom is 0.256 e. The van der Waals surface area contributed by atoms with Gasteiger partial charge in [-0.05, 0) is 36.4 Å². The first kappa shape index (κ1) is 19.1. The number of aromatic amines is 1. The van der Waals surface area contributed by atoms with Crippen LogP contribution in [0.5, 0.6) is 0 Å². The van der Waals surface area contributed by atoms with E-state index in [1.54, 1.807) is 11.1 Å². The molecule has 0 unspecified atom stereocenters. The molecule has 2 heterocycles. The molecule has 1 N–H and O–H groups in total. The first-order chi connectivity index (χ1) is 13.4. The molecule has 3 aromatic rings. The predicted molar refractivity (Wildman–Crippen MR) is 107 cm³/mol. The van der Waals surface area contributed by atoms with Crippen molar-refractivity contribution in [3.05, 3.63) is 64.5 Å². The van der Waals surface area contributed by atoms with Gasteiger partial charge in [0.15, 0.2) is 0 Å². The molecule has 1 aliphatic heterocycles. The molecule has 1 aliphatic rings. The Balaban J connectivity index is 1.50. The Bertz CT molecular complexity index is 1150. The molecule has 28 heavy (non-hydrogen) atoms. The number of amides is 1. The fourth-order valence-electron chi connectivity index (χ4n) is 3.35. The van der Waals surface area contributed by atoms with Crippen molar-refractivity contribution in [2.24, 2.45) is 0 Å². The molecule has 4 rings (SSSR count). The number of H-pyrrole nitrogens is 1. The van der Waals surface area contributed by atoms with Crippen LogP contribution in [0.3, 0.4) is 0 Å². The van der Waals surface area contributed by atoms with Crippen molar-refractivity contribution in [2.75, 3.05) is 26.2 Å². The van der Waals surface area contributed by atoms with Crippen LogP contribution < -0.4 is 0 Å². The molecule has 0 spiro atoms. The fourth-order valence-corrected chi connectivity index (χ4v) is 5.16. The van der Waals surface area contributed by atoms with Crippen LogP contribution >= 0.6 is 15.9 Å². The van der Waals surface area contributed by atoms with E-state index in [4.69, 9.17) is 0 Å². The molecular formula is C19H17BrFN3O3S. The van der Waals surface area contributed by atoms with E-state index in [-0.39, 0.29) is 37.0 Å². The van der Waals surface area contributed by atoms with Gasteiger partial charge in [-0.1, -0.05) is 22.0 Å². The summed E-state index contributed by atoms with van der Waals surface area (Å²) >= 11 is 3.41. The highest BCUT2D eigenvalue weighted by molar-refractivity contribution is 9.10. The van der Waals surface area contributed by atoms with Gasteiger partial charge in [0.1, 0.15) is 5.82 Å². The lowest BCUT2D eigenvalue weighted by Gasteiger charge is -2.34. The molecule has 9 heteroatoms. The number of sulfonamides is 1. The minimum absolute atomic E-state index is 0.0752. The number of hydrogen-bond donors (Lipinski definition) is 1. The quantitative estimate of drug-likeness (QED) is 0.645. The summed E-state index contributed by atoms with van der Waals surface area (Å²) in [5.74, 6) is -0.743. The summed E-state index contributed by atoms with van der Waals surface area (Å²) in [6.07, 6.45) is 1.68. The van der Waals surface area contributed by atoms with Gasteiger partial charge in [-0.3, -0.25) is 4.79 Å². The van der Waals surface area contributed by atoms with Crippen molar-refractivity contribution >= 4 is 42.8 Å². The van der Waals surface area contributed by atoms with Gasteiger partial charge in [0.05, 0.1) is 10.5 Å². The van der Waals surface area contributed by atoms with Gasteiger partial charge in [0.2, 0.25) is 10.0 Å². The molecule has 1 saturated heterocycles. The van der Waals surface area contributed by atoms with Gasteiger partial charge in [-0.15, -0.1) is 0 Å². The summed E-state index contributed by atoms with van der Waals surface area (Å²) < 4.78 is 41.0. The molecule has 0 aliphatic carbocycles. The van der Waals surface area contributed by atoms with E-state index >= 15 is 0 Å². The molecule has 146 valence electrons. The average Bonchev–Trinajstić information content (AvgIpc) is 3.10. The highest BCUT2D eigenvalue weighted by Crippen LogP contribution is 2.25. The second kappa shape index (κ2) is 7.31. The van der Waals surface area contributed by atoms with E-state index in [1.165, 1.54) is 22.5 Å². The molecule has 1 aromatic heterocycles. The summed E-state index contributed by atoms with van der Waals surface area (Å²) in [6.45, 7) is 0.870. The van der Waals surface area contributed by atoms with Crippen LogP contribution in [0.25, 0.3) is 10.9 Å². The fraction of sp³-hybridized carbons (Fsp3) is 0.211. The van der Waals surface area contributed by atoms with Crippen LogP contribution in [-0.2, 0) is 10.0 Å². The zero-order valence-electron chi connectivity index (χ0n) is 14.7. The molecule has 0 bridgehead atoms. The second-order valence-electron chi connectivity index (χ2n) is 6.55. The van der Waals surface area contributed by atoms with Gasteiger partial charge < -0.3 is 9.88 Å². The maximum atomic E-state index is 13.4. The van der Waals surface area contributed by atoms with Gasteiger partial charge in [0, 0.05) is 47.8 Å². The molecule has 1 fully saturated rings. The number of nitrogens with zero attached hydrogens (tertiary/aromatic N) is 2. The number of aromatic nitrogens is 1. The monoisotopic (exact) mass is 465 g/mol. The number of benzene rings is 2. The van der Waals surface area contributed by atoms with Crippen molar-refractivity contribution in [2.45, 2.75) is 4.90 Å². The van der Waals surface area contributed by atoms with E-state index in [2.05, 4.69) is 20.9 Å². The zero-order valence-corrected chi connectivity index (χ0v) is 17.1. The number of carbonyl (C=O) groups is 1. The third-order valence-corrected chi connectivity index (χ3v) is 7.22. The Morgan fingerprint density at radius 3 is 2.54 bits per heavy atom. The Labute approximate surface area is 170 Å². The summed E-state index contributed by atoms with van der Waals surface area (Å²) in [5.41, 5.74) is 1.41. The highest BCUT2D eigenvalue weighted by atomic mass is 79.9. The van der Waals surface area contributed by atoms with Crippen LogP contribution in [0.1, 0.15) is 10.4 Å². The smallest absolute Gasteiger partial charge is 0.256 e. The Morgan fingerprint density at radius 2 is 1.82 bits per heavy atom. The van der Waals surface area contributed by atoms with Crippen molar-refractivity contribution in [1.82, 2.24) is 14.2 Å². The van der Waals surface area contributed by atoms with Crippen LogP contribution in [-0.4, -0.2) is 54.7 Å². The van der Waals surface area contributed by atoms with E-state index < -0.39 is 15.8 Å². The average molecular weight is 466 g/mol. The lowest BCUT2D eigenvalue weighted by atomic mass is 10.1. The summed E-state index contributed by atoms with van der Waals surface area (Å²) in [6, 6.07) is 10.6. The Morgan fingerprint density at radius 1 is 1.07 bits per heavy atom. The van der Waals surface area contributed by atoms with E-state index in [9.17, 15) is 17.6 Å². The minimum atomic E-state index is -3.78. The number of nitrogens with one attached hydrogen (secondary N) is 1. The number of carbonyl (C=O) groups excluding carboxylic acids is 1. The summed E-state index contributed by atoms with van der Waals surface area (Å²) in [5, 5.41) is 0.814. The van der Waals surface area contributed by atoms with Crippen molar-refractivity contribution in [3.8, 4) is 0 Å². The molecule has 1 amide bonds. The Kier molecular flexibility index (Phi) is 4.98. The van der Waals surface area contributed by atoms with Crippen LogP contribution in [0.15, 0.2) is 58.0 Å². The normalized spacial score (nSPS) is 15.9. The number of piperazine rings is 1. The van der Waals surface area contributed by atoms with Gasteiger partial charge in [-0.2, -0.15) is 4.31 Å². The van der Waals surface area contributed by atoms with Crippen LogP contribution in [0.2, 0.25) is 0 Å². The lowest BCUT2D eigenvalue weighted by Crippen LogP contribution is -2.50. The molecule has 0 atom stereocenters. The topological polar surface area (TPSA) is 73.5 Å². The zero-order chi connectivity index (χ0) is 19.9. The summed E-state index contributed by atoms with van der Waals surface area (Å²) in [4.78, 5) is 17.6. The minimum Gasteiger partial charge on any atom is -0.360 e. The highest BCUT2D eigenvalue weighted by Gasteiger charge is 2.31. The number of hydrogen-bond acceptors (Lipinski definition) is 3. The predicted octanol–water partition coefficient (Wildman–Crippen LogP) is 3.22. The third-order valence-electron chi connectivity index (χ3n) is 4.83.